The number of nitrogens with zero attached hydrogens (tertiary/aromatic N) is 2. The van der Waals surface area contributed by atoms with Gasteiger partial charge in [-0.15, -0.1) is 0 Å². The molecule has 30 heavy (non-hydrogen) atoms. The summed E-state index contributed by atoms with van der Waals surface area (Å²) < 4.78 is 14.0. The van der Waals surface area contributed by atoms with Crippen molar-refractivity contribution in [1.29, 1.82) is 0 Å². The molecule has 0 atom stereocenters. The molecular formula is C22H25N3O5. The van der Waals surface area contributed by atoms with Crippen LogP contribution >= 0.6 is 0 Å². The summed E-state index contributed by atoms with van der Waals surface area (Å²) in [5, 5.41) is 2.84. The molecule has 1 amide bonds. The van der Waals surface area contributed by atoms with Gasteiger partial charge in [-0.05, 0) is 37.3 Å². The van der Waals surface area contributed by atoms with E-state index in [-0.39, 0.29) is 11.8 Å². The number of nitrogens with one attached hydrogen (secondary N) is 1. The molecular weight excluding hydrogens is 386 g/mol. The first-order valence-electron chi connectivity index (χ1n) is 9.68. The number of rotatable bonds is 6. The second kappa shape index (κ2) is 8.44. The number of carbonyl (C=O) groups is 1. The number of ether oxygens (including phenoxy) is 2. The molecule has 0 spiro atoms. The van der Waals surface area contributed by atoms with E-state index in [2.05, 4.69) is 5.32 Å². The van der Waals surface area contributed by atoms with E-state index in [1.807, 2.05) is 6.92 Å². The highest BCUT2D eigenvalue weighted by atomic mass is 16.5. The Morgan fingerprint density at radius 3 is 2.03 bits per heavy atom. The highest BCUT2D eigenvalue weighted by molar-refractivity contribution is 5.96. The van der Waals surface area contributed by atoms with Crippen LogP contribution in [0.3, 0.4) is 0 Å². The molecule has 0 unspecified atom stereocenters. The van der Waals surface area contributed by atoms with E-state index in [4.69, 9.17) is 9.47 Å². The molecule has 0 aliphatic carbocycles. The van der Waals surface area contributed by atoms with Gasteiger partial charge in [0.25, 0.3) is 0 Å². The molecule has 3 rings (SSSR count). The molecule has 8 heteroatoms. The number of fused-ring (bicyclic) bond motifs is 1. The van der Waals surface area contributed by atoms with Crippen LogP contribution in [0.4, 0.5) is 5.69 Å². The van der Waals surface area contributed by atoms with Gasteiger partial charge in [0.05, 0.1) is 23.3 Å². The fraction of sp³-hybridized carbons (Fsp3) is 0.318. The second-order valence-corrected chi connectivity index (χ2v) is 7.22. The second-order valence-electron chi connectivity index (χ2n) is 7.22. The number of aromatic nitrogens is 2. The Hall–Kier alpha value is -3.55. The lowest BCUT2D eigenvalue weighted by Crippen LogP contribution is -2.39. The summed E-state index contributed by atoms with van der Waals surface area (Å²) in [6.45, 7) is 6.02. The van der Waals surface area contributed by atoms with Crippen molar-refractivity contribution in [1.82, 2.24) is 9.13 Å². The standard InChI is InChI=1S/C22H25N3O5/c1-6-29-14-7-9-15(10-8-14)30-19-12-18-17(11-16(19)23-20(26)13(2)3)24(4)21(27)22(28)25(18)5/h7-13H,6H2,1-5H3,(H,23,26). The zero-order chi connectivity index (χ0) is 22.0. The molecule has 0 saturated carbocycles. The van der Waals surface area contributed by atoms with Crippen molar-refractivity contribution < 1.29 is 14.3 Å². The number of amides is 1. The van der Waals surface area contributed by atoms with Gasteiger partial charge in [0.1, 0.15) is 11.5 Å². The van der Waals surface area contributed by atoms with Gasteiger partial charge in [-0.3, -0.25) is 14.4 Å². The average molecular weight is 411 g/mol. The summed E-state index contributed by atoms with van der Waals surface area (Å²) in [7, 11) is 3.05. The summed E-state index contributed by atoms with van der Waals surface area (Å²) in [6.07, 6.45) is 0. The van der Waals surface area contributed by atoms with Crippen LogP contribution in [0.5, 0.6) is 17.2 Å². The zero-order valence-electron chi connectivity index (χ0n) is 17.7. The predicted octanol–water partition coefficient (Wildman–Crippen LogP) is 3.02. The molecule has 158 valence electrons. The minimum absolute atomic E-state index is 0.194. The summed E-state index contributed by atoms with van der Waals surface area (Å²) in [5.41, 5.74) is 0.122. The zero-order valence-corrected chi connectivity index (χ0v) is 17.7. The molecule has 1 N–H and O–H groups in total. The van der Waals surface area contributed by atoms with Crippen molar-refractivity contribution in [3.8, 4) is 17.2 Å². The first kappa shape index (κ1) is 21.2. The molecule has 0 aliphatic heterocycles. The molecule has 0 bridgehead atoms. The van der Waals surface area contributed by atoms with E-state index >= 15 is 0 Å². The Morgan fingerprint density at radius 1 is 0.967 bits per heavy atom. The molecule has 8 nitrogen and oxygen atoms in total. The highest BCUT2D eigenvalue weighted by Gasteiger charge is 2.17. The maximum Gasteiger partial charge on any atom is 0.316 e. The third kappa shape index (κ3) is 4.07. The van der Waals surface area contributed by atoms with E-state index in [1.165, 1.54) is 23.2 Å². The SMILES string of the molecule is CCOc1ccc(Oc2cc3c(cc2NC(=O)C(C)C)n(C)c(=O)c(=O)n3C)cc1. The molecule has 0 fully saturated rings. The summed E-state index contributed by atoms with van der Waals surface area (Å²) in [4.78, 5) is 36.8. The maximum atomic E-state index is 12.3. The Morgan fingerprint density at radius 2 is 1.50 bits per heavy atom. The van der Waals surface area contributed by atoms with Crippen LogP contribution in [-0.4, -0.2) is 21.6 Å². The van der Waals surface area contributed by atoms with Gasteiger partial charge < -0.3 is 23.9 Å². The third-order valence-corrected chi connectivity index (χ3v) is 4.74. The monoisotopic (exact) mass is 411 g/mol. The number of hydrogen-bond acceptors (Lipinski definition) is 5. The van der Waals surface area contributed by atoms with E-state index in [0.29, 0.717) is 40.6 Å². The molecule has 1 heterocycles. The molecule has 3 aromatic rings. The van der Waals surface area contributed by atoms with E-state index < -0.39 is 11.1 Å². The van der Waals surface area contributed by atoms with Crippen LogP contribution in [-0.2, 0) is 18.9 Å². The molecule has 0 radical (unpaired) electrons. The third-order valence-electron chi connectivity index (χ3n) is 4.74. The topological polar surface area (TPSA) is 91.6 Å². The molecule has 0 saturated heterocycles. The van der Waals surface area contributed by atoms with Crippen molar-refractivity contribution in [2.75, 3.05) is 11.9 Å². The highest BCUT2D eigenvalue weighted by Crippen LogP contribution is 2.34. The van der Waals surface area contributed by atoms with Gasteiger partial charge >= 0.3 is 11.1 Å². The number of hydrogen-bond donors (Lipinski definition) is 1. The van der Waals surface area contributed by atoms with Crippen LogP contribution < -0.4 is 25.9 Å². The summed E-state index contributed by atoms with van der Waals surface area (Å²) in [6, 6.07) is 10.4. The van der Waals surface area contributed by atoms with Crippen LogP contribution in [0.15, 0.2) is 46.0 Å². The predicted molar refractivity (Wildman–Crippen MR) is 116 cm³/mol. The number of benzene rings is 2. The van der Waals surface area contributed by atoms with Crippen LogP contribution in [0.1, 0.15) is 20.8 Å². The Kier molecular flexibility index (Phi) is 5.96. The smallest absolute Gasteiger partial charge is 0.316 e. The normalized spacial score (nSPS) is 11.0. The van der Waals surface area contributed by atoms with Crippen molar-refractivity contribution in [3.63, 3.8) is 0 Å². The van der Waals surface area contributed by atoms with E-state index in [0.717, 1.165) is 0 Å². The molecule has 0 aliphatic rings. The summed E-state index contributed by atoms with van der Waals surface area (Å²) >= 11 is 0. The van der Waals surface area contributed by atoms with Crippen molar-refractivity contribution in [3.05, 3.63) is 57.1 Å². The Labute approximate surface area is 173 Å². The van der Waals surface area contributed by atoms with Crippen LogP contribution in [0.25, 0.3) is 11.0 Å². The van der Waals surface area contributed by atoms with Crippen LogP contribution in [0.2, 0.25) is 0 Å². The first-order valence-corrected chi connectivity index (χ1v) is 9.68. The Bertz CT molecular complexity index is 1210. The van der Waals surface area contributed by atoms with Crippen LogP contribution in [0, 0.1) is 5.92 Å². The largest absolute Gasteiger partial charge is 0.494 e. The quantitative estimate of drug-likeness (QED) is 0.630. The van der Waals surface area contributed by atoms with Crippen molar-refractivity contribution in [2.24, 2.45) is 20.0 Å². The van der Waals surface area contributed by atoms with Gasteiger partial charge in [-0.25, -0.2) is 0 Å². The van der Waals surface area contributed by atoms with Crippen molar-refractivity contribution >= 4 is 22.6 Å². The van der Waals surface area contributed by atoms with Crippen molar-refractivity contribution in [2.45, 2.75) is 20.8 Å². The fourth-order valence-corrected chi connectivity index (χ4v) is 2.96. The lowest BCUT2D eigenvalue weighted by atomic mass is 10.2. The minimum atomic E-state index is -0.647. The number of aryl methyl sites for hydroxylation is 2. The van der Waals surface area contributed by atoms with Gasteiger partial charge in [0.2, 0.25) is 5.91 Å². The first-order chi connectivity index (χ1) is 14.2. The van der Waals surface area contributed by atoms with E-state index in [1.54, 1.807) is 50.2 Å². The summed E-state index contributed by atoms with van der Waals surface area (Å²) in [5.74, 6) is 1.17. The molecule has 2 aromatic carbocycles. The lowest BCUT2D eigenvalue weighted by molar-refractivity contribution is -0.118. The van der Waals surface area contributed by atoms with Gasteiger partial charge in [-0.1, -0.05) is 13.8 Å². The average Bonchev–Trinajstić information content (AvgIpc) is 2.73. The minimum Gasteiger partial charge on any atom is -0.494 e. The maximum absolute atomic E-state index is 12.3. The number of carbonyl (C=O) groups excluding carboxylic acids is 1. The fourth-order valence-electron chi connectivity index (χ4n) is 2.96. The molecule has 1 aromatic heterocycles. The lowest BCUT2D eigenvalue weighted by Gasteiger charge is -2.17. The van der Waals surface area contributed by atoms with Gasteiger partial charge in [-0.2, -0.15) is 0 Å². The Balaban J connectivity index is 2.15. The van der Waals surface area contributed by atoms with E-state index in [9.17, 15) is 14.4 Å². The number of anilines is 1. The van der Waals surface area contributed by atoms with Gasteiger partial charge in [0.15, 0.2) is 5.75 Å². The van der Waals surface area contributed by atoms with Gasteiger partial charge in [0, 0.05) is 26.1 Å².